The summed E-state index contributed by atoms with van der Waals surface area (Å²) in [5, 5.41) is 8.66. The summed E-state index contributed by atoms with van der Waals surface area (Å²) < 4.78 is 77.0. The van der Waals surface area contributed by atoms with Gasteiger partial charge in [0.05, 0.1) is 4.88 Å². The Morgan fingerprint density at radius 3 is 2.12 bits per heavy atom. The first-order chi connectivity index (χ1) is 11.4. The van der Waals surface area contributed by atoms with Crippen LogP contribution in [0.5, 0.6) is 0 Å². The molecule has 0 unspecified atom stereocenters. The molecule has 136 valence electrons. The first kappa shape index (κ1) is 19.1. The van der Waals surface area contributed by atoms with Gasteiger partial charge in [-0.05, 0) is 12.1 Å². The van der Waals surface area contributed by atoms with Gasteiger partial charge in [0.25, 0.3) is 11.5 Å². The van der Waals surface area contributed by atoms with Crippen molar-refractivity contribution in [2.75, 3.05) is 11.9 Å². The van der Waals surface area contributed by atoms with Crippen LogP contribution in [0.4, 0.5) is 32.0 Å². The van der Waals surface area contributed by atoms with Crippen LogP contribution in [0.15, 0.2) is 30.7 Å². The van der Waals surface area contributed by atoms with Gasteiger partial charge in [-0.1, -0.05) is 0 Å². The zero-order valence-corrected chi connectivity index (χ0v) is 13.1. The molecular formula is C13H9F6N3O2S. The Hall–Kier alpha value is -2.21. The van der Waals surface area contributed by atoms with Gasteiger partial charge >= 0.3 is 12.4 Å². The lowest BCUT2D eigenvalue weighted by atomic mass is 10.0. The molecule has 0 aromatic carbocycles. The van der Waals surface area contributed by atoms with Crippen molar-refractivity contribution in [2.45, 2.75) is 18.0 Å². The zero-order valence-electron chi connectivity index (χ0n) is 12.3. The van der Waals surface area contributed by atoms with E-state index in [4.69, 9.17) is 0 Å². The number of halogens is 6. The number of carbonyl (C=O) groups is 1. The van der Waals surface area contributed by atoms with Gasteiger partial charge in [0.2, 0.25) is 0 Å². The first-order valence-electron chi connectivity index (χ1n) is 6.40. The lowest BCUT2D eigenvalue weighted by molar-refractivity contribution is -0.375. The van der Waals surface area contributed by atoms with Crippen LogP contribution in [0.2, 0.25) is 0 Å². The highest BCUT2D eigenvalue weighted by molar-refractivity contribution is 7.13. The van der Waals surface area contributed by atoms with E-state index < -0.39 is 33.7 Å². The Labute approximate surface area is 140 Å². The van der Waals surface area contributed by atoms with Gasteiger partial charge in [0, 0.05) is 31.3 Å². The van der Waals surface area contributed by atoms with Gasteiger partial charge < -0.3 is 10.0 Å². The molecular weight excluding hydrogens is 376 g/mol. The maximum Gasteiger partial charge on any atom is 0.431 e. The van der Waals surface area contributed by atoms with Crippen molar-refractivity contribution in [3.63, 3.8) is 0 Å². The van der Waals surface area contributed by atoms with Crippen LogP contribution in [0.1, 0.15) is 14.7 Å². The van der Waals surface area contributed by atoms with Gasteiger partial charge in [-0.3, -0.25) is 9.78 Å². The summed E-state index contributed by atoms with van der Waals surface area (Å²) in [6, 6.07) is 2.82. The van der Waals surface area contributed by atoms with Crippen molar-refractivity contribution < 1.29 is 36.2 Å². The predicted molar refractivity (Wildman–Crippen MR) is 75.1 cm³/mol. The van der Waals surface area contributed by atoms with Crippen LogP contribution in [0.3, 0.4) is 0 Å². The van der Waals surface area contributed by atoms with Crippen LogP contribution in [0.25, 0.3) is 0 Å². The average Bonchev–Trinajstić information content (AvgIpc) is 3.01. The molecule has 0 fully saturated rings. The largest absolute Gasteiger partial charge is 0.431 e. The number of nitrogens with zero attached hydrogens (tertiary/aromatic N) is 3. The Bertz CT molecular complexity index is 745. The summed E-state index contributed by atoms with van der Waals surface area (Å²) in [6.07, 6.45) is -9.18. The maximum atomic E-state index is 12.8. The lowest BCUT2D eigenvalue weighted by Crippen LogP contribution is -2.53. The third-order valence-electron chi connectivity index (χ3n) is 3.22. The third-order valence-corrected chi connectivity index (χ3v) is 4.31. The number of amides is 1. The number of alkyl halides is 6. The van der Waals surface area contributed by atoms with E-state index in [1.54, 1.807) is 0 Å². The second kappa shape index (κ2) is 6.26. The van der Waals surface area contributed by atoms with Crippen LogP contribution in [0, 0.1) is 0 Å². The standard InChI is InChI=1S/C13H9F6N3O2S/c1-22(7-2-4-20-5-3-7)10(23)9-21-6-8(25-9)11(24,12(14,15)16)13(17,18)19/h2-6,24H,1H3. The van der Waals surface area contributed by atoms with E-state index in [-0.39, 0.29) is 17.5 Å². The fourth-order valence-electron chi connectivity index (χ4n) is 1.81. The van der Waals surface area contributed by atoms with E-state index in [1.807, 2.05) is 0 Å². The molecule has 5 nitrogen and oxygen atoms in total. The first-order valence-corrected chi connectivity index (χ1v) is 7.21. The highest BCUT2D eigenvalue weighted by Gasteiger charge is 2.72. The molecule has 0 saturated heterocycles. The van der Waals surface area contributed by atoms with E-state index >= 15 is 0 Å². The quantitative estimate of drug-likeness (QED) is 0.825. The summed E-state index contributed by atoms with van der Waals surface area (Å²) in [4.78, 5) is 18.7. The molecule has 0 aliphatic carbocycles. The molecule has 25 heavy (non-hydrogen) atoms. The minimum atomic E-state index is -6.03. The number of rotatable bonds is 3. The van der Waals surface area contributed by atoms with Crippen molar-refractivity contribution in [3.8, 4) is 0 Å². The number of hydrogen-bond acceptors (Lipinski definition) is 5. The second-order valence-electron chi connectivity index (χ2n) is 4.81. The molecule has 2 aromatic rings. The fraction of sp³-hybridized carbons (Fsp3) is 0.308. The topological polar surface area (TPSA) is 66.3 Å². The number of thiazole rings is 1. The van der Waals surface area contributed by atoms with Gasteiger partial charge in [-0.15, -0.1) is 11.3 Å². The number of aliphatic hydroxyl groups is 1. The van der Waals surface area contributed by atoms with E-state index in [9.17, 15) is 36.2 Å². The number of anilines is 1. The normalized spacial score (nSPS) is 13.0. The number of carbonyl (C=O) groups excluding carboxylic acids is 1. The molecule has 1 amide bonds. The number of hydrogen-bond donors (Lipinski definition) is 1. The molecule has 0 aliphatic heterocycles. The molecule has 0 aliphatic rings. The van der Waals surface area contributed by atoms with E-state index in [1.165, 1.54) is 31.6 Å². The number of aromatic nitrogens is 2. The van der Waals surface area contributed by atoms with Gasteiger partial charge in [0.1, 0.15) is 0 Å². The van der Waals surface area contributed by atoms with Crippen molar-refractivity contribution in [1.82, 2.24) is 9.97 Å². The van der Waals surface area contributed by atoms with E-state index in [0.29, 0.717) is 5.69 Å². The van der Waals surface area contributed by atoms with Crippen LogP contribution in [-0.2, 0) is 5.60 Å². The Morgan fingerprint density at radius 1 is 1.12 bits per heavy atom. The van der Waals surface area contributed by atoms with Gasteiger partial charge in [-0.2, -0.15) is 26.3 Å². The minimum absolute atomic E-state index is 0.183. The highest BCUT2D eigenvalue weighted by Crippen LogP contribution is 2.51. The lowest BCUT2D eigenvalue weighted by Gasteiger charge is -2.30. The van der Waals surface area contributed by atoms with E-state index in [0.717, 1.165) is 4.90 Å². The van der Waals surface area contributed by atoms with Gasteiger partial charge in [0.15, 0.2) is 5.01 Å². The van der Waals surface area contributed by atoms with E-state index in [2.05, 4.69) is 9.97 Å². The molecule has 0 bridgehead atoms. The Kier molecular flexibility index (Phi) is 4.79. The van der Waals surface area contributed by atoms with Crippen LogP contribution < -0.4 is 4.90 Å². The molecule has 0 spiro atoms. The van der Waals surface area contributed by atoms with Crippen LogP contribution in [-0.4, -0.2) is 40.4 Å². The molecule has 12 heteroatoms. The zero-order chi connectivity index (χ0) is 19.0. The highest BCUT2D eigenvalue weighted by atomic mass is 32.1. The Balaban J connectivity index is 2.40. The summed E-state index contributed by atoms with van der Waals surface area (Å²) in [5.74, 6) is -0.936. The molecule has 0 radical (unpaired) electrons. The summed E-state index contributed by atoms with van der Waals surface area (Å²) in [7, 11) is 1.26. The predicted octanol–water partition coefficient (Wildman–Crippen LogP) is 3.13. The SMILES string of the molecule is CN(C(=O)c1ncc(C(O)(C(F)(F)F)C(F)(F)F)s1)c1ccncc1. The minimum Gasteiger partial charge on any atom is -0.369 e. The molecule has 0 atom stereocenters. The Morgan fingerprint density at radius 2 is 1.64 bits per heavy atom. The van der Waals surface area contributed by atoms with Crippen molar-refractivity contribution in [3.05, 3.63) is 40.6 Å². The van der Waals surface area contributed by atoms with Crippen molar-refractivity contribution >= 4 is 22.9 Å². The molecule has 1 N–H and O–H groups in total. The monoisotopic (exact) mass is 385 g/mol. The maximum absolute atomic E-state index is 12.8. The number of pyridine rings is 1. The molecule has 2 aromatic heterocycles. The summed E-state index contributed by atoms with van der Waals surface area (Å²) in [6.45, 7) is 0. The summed E-state index contributed by atoms with van der Waals surface area (Å²) >= 11 is -0.183. The van der Waals surface area contributed by atoms with Crippen molar-refractivity contribution in [1.29, 1.82) is 0 Å². The molecule has 2 rings (SSSR count). The van der Waals surface area contributed by atoms with Crippen LogP contribution >= 0.6 is 11.3 Å². The molecule has 0 saturated carbocycles. The average molecular weight is 385 g/mol. The third kappa shape index (κ3) is 3.31. The second-order valence-corrected chi connectivity index (χ2v) is 5.84. The van der Waals surface area contributed by atoms with Crippen molar-refractivity contribution in [2.24, 2.45) is 0 Å². The fourth-order valence-corrected chi connectivity index (χ4v) is 2.83. The smallest absolute Gasteiger partial charge is 0.369 e. The van der Waals surface area contributed by atoms with Gasteiger partial charge in [-0.25, -0.2) is 4.98 Å². The summed E-state index contributed by atoms with van der Waals surface area (Å²) in [5.41, 5.74) is -4.80. The molecule has 2 heterocycles.